The first kappa shape index (κ1) is 31.1. The Morgan fingerprint density at radius 2 is 1.93 bits per heavy atom. The highest BCUT2D eigenvalue weighted by molar-refractivity contribution is 8.00. The lowest BCUT2D eigenvalue weighted by Gasteiger charge is -2.23. The molecular formula is C34H32ClN3O5S2. The molecule has 1 amide bonds. The van der Waals surface area contributed by atoms with Crippen LogP contribution in [0.4, 0.5) is 5.13 Å². The van der Waals surface area contributed by atoms with E-state index in [1.165, 1.54) is 28.0 Å². The molecule has 0 aliphatic carbocycles. The molecule has 45 heavy (non-hydrogen) atoms. The van der Waals surface area contributed by atoms with Crippen LogP contribution >= 0.6 is 34.7 Å². The fourth-order valence-electron chi connectivity index (χ4n) is 5.34. The standard InChI is InChI=1S/C34H32ClN3O5S2/c1-19(2)13-14-42-26-6-4-5-22(17-26)29-28(30(39)23-9-12-27-24(16-23)15-20(3)43-27)31(40)32(41)38(29)33-36-37-34(45-33)44-18-21-7-10-25(35)11-8-21/h4-12,16-17,19-20,29,39H,13-15,18H2,1-3H3/t20-,29+/m0/s1. The largest absolute Gasteiger partial charge is 0.507 e. The number of fused-ring (bicyclic) bond motifs is 1. The average Bonchev–Trinajstić information content (AvgIpc) is 3.71. The van der Waals surface area contributed by atoms with Crippen LogP contribution in [0.2, 0.25) is 5.02 Å². The Bertz CT molecular complexity index is 1770. The molecule has 232 valence electrons. The molecule has 3 heterocycles. The number of aromatic nitrogens is 2. The van der Waals surface area contributed by atoms with Crippen LogP contribution in [0.5, 0.6) is 11.5 Å². The van der Waals surface area contributed by atoms with Crippen molar-refractivity contribution in [2.45, 2.75) is 55.9 Å². The number of Topliss-reactive ketones (excluding diaryl/α,β-unsaturated/α-hetero) is 1. The van der Waals surface area contributed by atoms with Gasteiger partial charge in [-0.2, -0.15) is 0 Å². The maximum Gasteiger partial charge on any atom is 0.301 e. The summed E-state index contributed by atoms with van der Waals surface area (Å²) in [6, 6.07) is 19.2. The summed E-state index contributed by atoms with van der Waals surface area (Å²) in [5.74, 6) is 0.639. The van der Waals surface area contributed by atoms with Gasteiger partial charge in [-0.1, -0.05) is 72.8 Å². The zero-order valence-corrected chi connectivity index (χ0v) is 27.4. The van der Waals surface area contributed by atoms with Crippen LogP contribution in [0.25, 0.3) is 5.76 Å². The fraction of sp³-hybridized carbons (Fsp3) is 0.294. The van der Waals surface area contributed by atoms with Crippen LogP contribution in [0.15, 0.2) is 76.6 Å². The van der Waals surface area contributed by atoms with E-state index in [9.17, 15) is 14.7 Å². The number of carbonyl (C=O) groups excluding carboxylic acids is 2. The normalized spacial score (nSPS) is 18.8. The molecule has 1 fully saturated rings. The third-order valence-corrected chi connectivity index (χ3v) is 10.0. The monoisotopic (exact) mass is 661 g/mol. The minimum Gasteiger partial charge on any atom is -0.507 e. The van der Waals surface area contributed by atoms with E-state index in [1.807, 2.05) is 61.5 Å². The van der Waals surface area contributed by atoms with Gasteiger partial charge >= 0.3 is 5.91 Å². The van der Waals surface area contributed by atoms with Gasteiger partial charge in [-0.3, -0.25) is 14.5 Å². The van der Waals surface area contributed by atoms with Crippen LogP contribution in [0.1, 0.15) is 55.5 Å². The number of benzene rings is 3. The maximum atomic E-state index is 13.7. The van der Waals surface area contributed by atoms with E-state index in [-0.39, 0.29) is 22.6 Å². The van der Waals surface area contributed by atoms with Crippen LogP contribution in [0, 0.1) is 5.92 Å². The van der Waals surface area contributed by atoms with Gasteiger partial charge < -0.3 is 14.6 Å². The van der Waals surface area contributed by atoms with Crippen molar-refractivity contribution in [3.63, 3.8) is 0 Å². The first-order valence-corrected chi connectivity index (χ1v) is 16.9. The van der Waals surface area contributed by atoms with Crippen LogP contribution < -0.4 is 14.4 Å². The maximum absolute atomic E-state index is 13.7. The van der Waals surface area contributed by atoms with Gasteiger partial charge in [0.05, 0.1) is 18.2 Å². The van der Waals surface area contributed by atoms with Gasteiger partial charge in [0, 0.05) is 22.8 Å². The second-order valence-electron chi connectivity index (χ2n) is 11.5. The molecule has 11 heteroatoms. The summed E-state index contributed by atoms with van der Waals surface area (Å²) in [7, 11) is 0. The Balaban J connectivity index is 1.37. The molecule has 0 bridgehead atoms. The van der Waals surface area contributed by atoms with Gasteiger partial charge in [-0.15, -0.1) is 10.2 Å². The summed E-state index contributed by atoms with van der Waals surface area (Å²) in [5.41, 5.74) is 3.03. The number of anilines is 1. The van der Waals surface area contributed by atoms with Crippen LogP contribution in [-0.4, -0.2) is 39.7 Å². The predicted molar refractivity (Wildman–Crippen MR) is 177 cm³/mol. The van der Waals surface area contributed by atoms with Crippen LogP contribution in [-0.2, 0) is 21.8 Å². The predicted octanol–water partition coefficient (Wildman–Crippen LogP) is 7.86. The minimum absolute atomic E-state index is 0.0168. The van der Waals surface area contributed by atoms with Crippen molar-refractivity contribution in [3.05, 3.63) is 99.6 Å². The molecule has 3 aromatic carbocycles. The molecule has 2 aliphatic heterocycles. The lowest BCUT2D eigenvalue weighted by Crippen LogP contribution is -2.29. The van der Waals surface area contributed by atoms with Crippen molar-refractivity contribution in [2.75, 3.05) is 11.5 Å². The second-order valence-corrected chi connectivity index (χ2v) is 14.1. The number of carbonyl (C=O) groups is 2. The number of ether oxygens (including phenoxy) is 2. The highest BCUT2D eigenvalue weighted by atomic mass is 35.5. The van der Waals surface area contributed by atoms with E-state index in [0.717, 1.165) is 23.3 Å². The number of ketones is 1. The Morgan fingerprint density at radius 1 is 1.13 bits per heavy atom. The third kappa shape index (κ3) is 6.73. The lowest BCUT2D eigenvalue weighted by atomic mass is 9.94. The number of aliphatic hydroxyl groups excluding tert-OH is 1. The van der Waals surface area contributed by atoms with Gasteiger partial charge in [0.25, 0.3) is 5.78 Å². The summed E-state index contributed by atoms with van der Waals surface area (Å²) in [5, 5.41) is 21.2. The van der Waals surface area contributed by atoms with E-state index >= 15 is 0 Å². The molecule has 1 saturated heterocycles. The molecule has 4 aromatic rings. The van der Waals surface area contributed by atoms with E-state index in [4.69, 9.17) is 21.1 Å². The fourth-order valence-corrected chi connectivity index (χ4v) is 7.29. The third-order valence-electron chi connectivity index (χ3n) is 7.63. The molecule has 8 nitrogen and oxygen atoms in total. The van der Waals surface area contributed by atoms with Crippen molar-refractivity contribution in [3.8, 4) is 11.5 Å². The zero-order chi connectivity index (χ0) is 31.7. The Labute approximate surface area is 275 Å². The topological polar surface area (TPSA) is 102 Å². The molecule has 1 aromatic heterocycles. The van der Waals surface area contributed by atoms with Gasteiger partial charge in [0.2, 0.25) is 5.13 Å². The number of hydrogen-bond acceptors (Lipinski definition) is 9. The molecular weight excluding hydrogens is 630 g/mol. The van der Waals surface area contributed by atoms with Crippen LogP contribution in [0.3, 0.4) is 0 Å². The van der Waals surface area contributed by atoms with E-state index in [0.29, 0.717) is 50.9 Å². The molecule has 0 spiro atoms. The van der Waals surface area contributed by atoms with Crippen molar-refractivity contribution in [2.24, 2.45) is 5.92 Å². The Morgan fingerprint density at radius 3 is 2.71 bits per heavy atom. The smallest absolute Gasteiger partial charge is 0.301 e. The van der Waals surface area contributed by atoms with Crippen molar-refractivity contribution < 1.29 is 24.2 Å². The summed E-state index contributed by atoms with van der Waals surface area (Å²) in [6.45, 7) is 6.76. The molecule has 0 radical (unpaired) electrons. The molecule has 0 saturated carbocycles. The second kappa shape index (κ2) is 13.2. The van der Waals surface area contributed by atoms with E-state index in [1.54, 1.807) is 12.1 Å². The summed E-state index contributed by atoms with van der Waals surface area (Å²) in [4.78, 5) is 28.8. The minimum atomic E-state index is -0.941. The number of hydrogen-bond donors (Lipinski definition) is 1. The zero-order valence-electron chi connectivity index (χ0n) is 25.0. The number of thioether (sulfide) groups is 1. The molecule has 6 rings (SSSR count). The molecule has 1 N–H and O–H groups in total. The highest BCUT2D eigenvalue weighted by Gasteiger charge is 2.48. The first-order chi connectivity index (χ1) is 21.7. The quantitative estimate of drug-likeness (QED) is 0.0603. The van der Waals surface area contributed by atoms with E-state index < -0.39 is 17.7 Å². The van der Waals surface area contributed by atoms with Gasteiger partial charge in [-0.05, 0) is 78.4 Å². The number of rotatable bonds is 10. The van der Waals surface area contributed by atoms with Crippen molar-refractivity contribution in [1.82, 2.24) is 10.2 Å². The summed E-state index contributed by atoms with van der Waals surface area (Å²) >= 11 is 8.71. The number of halogens is 1. The molecule has 0 unspecified atom stereocenters. The number of amides is 1. The first-order valence-electron chi connectivity index (χ1n) is 14.7. The Hall–Kier alpha value is -3.86. The Kier molecular flexibility index (Phi) is 9.16. The molecule has 2 aliphatic rings. The lowest BCUT2D eigenvalue weighted by molar-refractivity contribution is -0.132. The SMILES string of the molecule is CC(C)CCOc1cccc([C@@H]2C(=C(O)c3ccc4c(c3)C[C@H](C)O4)C(=O)C(=O)N2c2nnc(SCc3ccc(Cl)cc3)s2)c1. The van der Waals surface area contributed by atoms with Gasteiger partial charge in [-0.25, -0.2) is 0 Å². The van der Waals surface area contributed by atoms with Crippen molar-refractivity contribution in [1.29, 1.82) is 0 Å². The van der Waals surface area contributed by atoms with Gasteiger partial charge in [0.15, 0.2) is 4.34 Å². The highest BCUT2D eigenvalue weighted by Crippen LogP contribution is 2.45. The molecule has 2 atom stereocenters. The summed E-state index contributed by atoms with van der Waals surface area (Å²) < 4.78 is 12.5. The summed E-state index contributed by atoms with van der Waals surface area (Å²) in [6.07, 6.45) is 1.58. The number of nitrogens with zero attached hydrogens (tertiary/aromatic N) is 3. The average molecular weight is 662 g/mol. The van der Waals surface area contributed by atoms with Crippen molar-refractivity contribution >= 4 is 57.3 Å². The number of aliphatic hydroxyl groups is 1. The van der Waals surface area contributed by atoms with Gasteiger partial charge in [0.1, 0.15) is 23.4 Å². The van der Waals surface area contributed by atoms with E-state index in [2.05, 4.69) is 24.0 Å².